The molecule has 0 aliphatic carbocycles. The van der Waals surface area contributed by atoms with E-state index in [-0.39, 0.29) is 6.42 Å². The quantitative estimate of drug-likeness (QED) is 0.721. The molecule has 0 radical (unpaired) electrons. The van der Waals surface area contributed by atoms with Gasteiger partial charge in [0.1, 0.15) is 5.58 Å². The van der Waals surface area contributed by atoms with Crippen molar-refractivity contribution in [1.29, 1.82) is 0 Å². The lowest BCUT2D eigenvalue weighted by atomic mass is 10.1. The molecule has 0 unspecified atom stereocenters. The van der Waals surface area contributed by atoms with E-state index < -0.39 is 11.6 Å². The zero-order valence-corrected chi connectivity index (χ0v) is 12.5. The molecule has 23 heavy (non-hydrogen) atoms. The van der Waals surface area contributed by atoms with Crippen LogP contribution in [0.2, 0.25) is 0 Å². The highest BCUT2D eigenvalue weighted by Crippen LogP contribution is 2.24. The average molecular weight is 309 g/mol. The van der Waals surface area contributed by atoms with E-state index in [1.54, 1.807) is 12.1 Å². The molecule has 5 nitrogen and oxygen atoms in total. The van der Waals surface area contributed by atoms with Crippen molar-refractivity contribution < 1.29 is 14.3 Å². The highest BCUT2D eigenvalue weighted by Gasteiger charge is 2.10. The number of carboxylic acids is 1. The Morgan fingerprint density at radius 1 is 1.09 bits per heavy atom. The maximum absolute atomic E-state index is 11.6. The van der Waals surface area contributed by atoms with Crippen LogP contribution in [-0.4, -0.2) is 11.1 Å². The molecule has 2 N–H and O–H groups in total. The number of aliphatic carboxylic acids is 1. The first-order valence-corrected chi connectivity index (χ1v) is 7.13. The highest BCUT2D eigenvalue weighted by atomic mass is 16.4. The van der Waals surface area contributed by atoms with Gasteiger partial charge in [0.2, 0.25) is 0 Å². The van der Waals surface area contributed by atoms with E-state index in [0.717, 1.165) is 11.4 Å². The van der Waals surface area contributed by atoms with Crippen molar-refractivity contribution in [3.8, 4) is 0 Å². The molecule has 0 atom stereocenters. The molecule has 0 fully saturated rings. The van der Waals surface area contributed by atoms with Gasteiger partial charge in [-0.1, -0.05) is 17.7 Å². The summed E-state index contributed by atoms with van der Waals surface area (Å²) in [4.78, 5) is 22.5. The number of aryl methyl sites for hydroxylation is 1. The lowest BCUT2D eigenvalue weighted by Gasteiger charge is -2.09. The minimum absolute atomic E-state index is 0.215. The highest BCUT2D eigenvalue weighted by molar-refractivity contribution is 5.87. The van der Waals surface area contributed by atoms with E-state index in [4.69, 9.17) is 9.52 Å². The smallest absolute Gasteiger partial charge is 0.336 e. The molecule has 1 heterocycles. The largest absolute Gasteiger partial charge is 0.481 e. The molecular weight excluding hydrogens is 294 g/mol. The minimum atomic E-state index is -0.987. The number of nitrogens with one attached hydrogen (secondary N) is 1. The molecule has 3 rings (SSSR count). The summed E-state index contributed by atoms with van der Waals surface area (Å²) in [6.07, 6.45) is -0.215. The van der Waals surface area contributed by atoms with Crippen LogP contribution in [0.1, 0.15) is 11.1 Å². The Morgan fingerprint density at radius 2 is 1.78 bits per heavy atom. The van der Waals surface area contributed by atoms with Crippen LogP contribution in [-0.2, 0) is 11.2 Å². The Balaban J connectivity index is 1.99. The molecule has 0 bridgehead atoms. The van der Waals surface area contributed by atoms with Crippen molar-refractivity contribution in [3.63, 3.8) is 0 Å². The third-order valence-corrected chi connectivity index (χ3v) is 3.51. The number of hydrogen-bond acceptors (Lipinski definition) is 4. The second kappa shape index (κ2) is 5.96. The van der Waals surface area contributed by atoms with Crippen molar-refractivity contribution in [2.24, 2.45) is 0 Å². The summed E-state index contributed by atoms with van der Waals surface area (Å²) >= 11 is 0. The van der Waals surface area contributed by atoms with Crippen molar-refractivity contribution in [3.05, 3.63) is 70.1 Å². The molecule has 0 amide bonds. The zero-order chi connectivity index (χ0) is 16.4. The lowest BCUT2D eigenvalue weighted by molar-refractivity contribution is -0.136. The van der Waals surface area contributed by atoms with Crippen molar-refractivity contribution >= 4 is 28.3 Å². The third-order valence-electron chi connectivity index (χ3n) is 3.51. The number of carbonyl (C=O) groups is 1. The molecular formula is C18H15NO4. The third kappa shape index (κ3) is 3.40. The predicted octanol–water partition coefficient (Wildman–Crippen LogP) is 3.47. The standard InChI is InChI=1S/C18H15NO4/c1-11-2-4-13(5-3-11)19-14-6-7-15-12(8-17(20)21)9-18(22)23-16(15)10-14/h2-7,9-10,19H,8H2,1H3,(H,20,21). The molecule has 116 valence electrons. The molecule has 0 aliphatic rings. The monoisotopic (exact) mass is 309 g/mol. The molecule has 0 spiro atoms. The Kier molecular flexibility index (Phi) is 3.85. The normalized spacial score (nSPS) is 10.7. The first-order valence-electron chi connectivity index (χ1n) is 7.13. The Morgan fingerprint density at radius 3 is 2.48 bits per heavy atom. The van der Waals surface area contributed by atoms with E-state index in [1.807, 2.05) is 37.3 Å². The van der Waals surface area contributed by atoms with Crippen LogP contribution >= 0.6 is 0 Å². The molecule has 0 aliphatic heterocycles. The van der Waals surface area contributed by atoms with Crippen LogP contribution in [0.3, 0.4) is 0 Å². The van der Waals surface area contributed by atoms with Crippen LogP contribution in [0.5, 0.6) is 0 Å². The van der Waals surface area contributed by atoms with Gasteiger partial charge in [0.05, 0.1) is 6.42 Å². The van der Waals surface area contributed by atoms with Crippen LogP contribution in [0.25, 0.3) is 11.0 Å². The van der Waals surface area contributed by atoms with Crippen molar-refractivity contribution in [2.45, 2.75) is 13.3 Å². The Hall–Kier alpha value is -3.08. The van der Waals surface area contributed by atoms with Crippen LogP contribution in [0.4, 0.5) is 11.4 Å². The summed E-state index contributed by atoms with van der Waals surface area (Å²) in [5.41, 5.74) is 3.10. The van der Waals surface area contributed by atoms with Gasteiger partial charge in [-0.3, -0.25) is 4.79 Å². The maximum atomic E-state index is 11.6. The van der Waals surface area contributed by atoms with E-state index in [9.17, 15) is 9.59 Å². The number of fused-ring (bicyclic) bond motifs is 1. The molecule has 0 saturated carbocycles. The van der Waals surface area contributed by atoms with Gasteiger partial charge >= 0.3 is 11.6 Å². The fourth-order valence-electron chi connectivity index (χ4n) is 2.42. The fraction of sp³-hybridized carbons (Fsp3) is 0.111. The van der Waals surface area contributed by atoms with Crippen molar-refractivity contribution in [1.82, 2.24) is 0 Å². The zero-order valence-electron chi connectivity index (χ0n) is 12.5. The Bertz CT molecular complexity index is 926. The average Bonchev–Trinajstić information content (AvgIpc) is 2.48. The molecule has 1 aromatic heterocycles. The van der Waals surface area contributed by atoms with Crippen LogP contribution in [0, 0.1) is 6.92 Å². The van der Waals surface area contributed by atoms with Gasteiger partial charge in [-0.25, -0.2) is 4.79 Å². The summed E-state index contributed by atoms with van der Waals surface area (Å²) in [5.74, 6) is -0.987. The van der Waals surface area contributed by atoms with Crippen molar-refractivity contribution in [2.75, 3.05) is 5.32 Å². The van der Waals surface area contributed by atoms with Gasteiger partial charge in [-0.05, 0) is 36.8 Å². The molecule has 0 saturated heterocycles. The molecule has 2 aromatic carbocycles. The second-order valence-corrected chi connectivity index (χ2v) is 5.36. The van der Waals surface area contributed by atoms with Crippen LogP contribution in [0.15, 0.2) is 57.7 Å². The van der Waals surface area contributed by atoms with Gasteiger partial charge in [0.15, 0.2) is 0 Å². The summed E-state index contributed by atoms with van der Waals surface area (Å²) < 4.78 is 5.19. The van der Waals surface area contributed by atoms with Crippen LogP contribution < -0.4 is 10.9 Å². The maximum Gasteiger partial charge on any atom is 0.336 e. The minimum Gasteiger partial charge on any atom is -0.481 e. The number of rotatable bonds is 4. The number of anilines is 2. The predicted molar refractivity (Wildman–Crippen MR) is 88.3 cm³/mol. The summed E-state index contributed by atoms with van der Waals surface area (Å²) in [5, 5.41) is 12.8. The summed E-state index contributed by atoms with van der Waals surface area (Å²) in [6, 6.07) is 14.4. The first-order chi connectivity index (χ1) is 11.0. The number of benzene rings is 2. The fourth-order valence-corrected chi connectivity index (χ4v) is 2.42. The van der Waals surface area contributed by atoms with Gasteiger partial charge in [0, 0.05) is 28.9 Å². The Labute approximate surface area is 132 Å². The van der Waals surface area contributed by atoms with E-state index >= 15 is 0 Å². The second-order valence-electron chi connectivity index (χ2n) is 5.36. The van der Waals surface area contributed by atoms with Gasteiger partial charge in [0.25, 0.3) is 0 Å². The number of hydrogen-bond donors (Lipinski definition) is 2. The summed E-state index contributed by atoms with van der Waals surface area (Å²) in [7, 11) is 0. The van der Waals surface area contributed by atoms with Gasteiger partial charge in [-0.2, -0.15) is 0 Å². The SMILES string of the molecule is Cc1ccc(Nc2ccc3c(CC(=O)O)cc(=O)oc3c2)cc1. The number of carboxylic acid groups (broad SMARTS) is 1. The summed E-state index contributed by atoms with van der Waals surface area (Å²) in [6.45, 7) is 2.01. The molecule has 3 aromatic rings. The topological polar surface area (TPSA) is 79.5 Å². The van der Waals surface area contributed by atoms with Gasteiger partial charge < -0.3 is 14.8 Å². The first kappa shape index (κ1) is 14.8. The van der Waals surface area contributed by atoms with Gasteiger partial charge in [-0.15, -0.1) is 0 Å². The van der Waals surface area contributed by atoms with E-state index in [0.29, 0.717) is 16.5 Å². The van der Waals surface area contributed by atoms with E-state index in [2.05, 4.69) is 5.32 Å². The van der Waals surface area contributed by atoms with E-state index in [1.165, 1.54) is 11.6 Å². The molecule has 5 heteroatoms. The lowest BCUT2D eigenvalue weighted by Crippen LogP contribution is -2.06.